The van der Waals surface area contributed by atoms with Crippen LogP contribution in [0.3, 0.4) is 0 Å². The van der Waals surface area contributed by atoms with Crippen LogP contribution in [0.2, 0.25) is 0 Å². The second-order valence-electron chi connectivity index (χ2n) is 3.63. The molecule has 0 saturated carbocycles. The summed E-state index contributed by atoms with van der Waals surface area (Å²) in [6.45, 7) is 0. The van der Waals surface area contributed by atoms with Gasteiger partial charge in [0, 0.05) is 11.8 Å². The number of carbonyl (C=O) groups excluding carboxylic acids is 2. The number of aromatic nitrogens is 1. The van der Waals surface area contributed by atoms with Crippen molar-refractivity contribution in [1.29, 1.82) is 0 Å². The zero-order chi connectivity index (χ0) is 13.0. The maximum absolute atomic E-state index is 11.6. The summed E-state index contributed by atoms with van der Waals surface area (Å²) in [5.41, 5.74) is 2.32. The van der Waals surface area contributed by atoms with E-state index in [2.05, 4.69) is 4.98 Å². The Morgan fingerprint density at radius 3 is 2.61 bits per heavy atom. The summed E-state index contributed by atoms with van der Waals surface area (Å²) >= 11 is 0. The predicted octanol–water partition coefficient (Wildman–Crippen LogP) is 2.35. The molecule has 0 radical (unpaired) electrons. The first-order valence-corrected chi connectivity index (χ1v) is 5.35. The molecule has 0 saturated heterocycles. The molecule has 90 valence electrons. The molecule has 0 N–H and O–H groups in total. The van der Waals surface area contributed by atoms with E-state index >= 15 is 0 Å². The van der Waals surface area contributed by atoms with Crippen molar-refractivity contribution < 1.29 is 14.3 Å². The first kappa shape index (κ1) is 12.0. The Balaban J connectivity index is 2.49. The number of pyridine rings is 1. The average Bonchev–Trinajstić information content (AvgIpc) is 2.46. The molecule has 1 heterocycles. The summed E-state index contributed by atoms with van der Waals surface area (Å²) in [6.07, 6.45) is 2.24. The normalized spacial score (nSPS) is 9.83. The monoisotopic (exact) mass is 241 g/mol. The van der Waals surface area contributed by atoms with E-state index in [1.807, 2.05) is 12.1 Å². The van der Waals surface area contributed by atoms with Gasteiger partial charge in [0.15, 0.2) is 6.29 Å². The van der Waals surface area contributed by atoms with Crippen LogP contribution in [-0.2, 0) is 4.74 Å². The molecule has 0 atom stereocenters. The van der Waals surface area contributed by atoms with Gasteiger partial charge >= 0.3 is 5.97 Å². The minimum absolute atomic E-state index is 0.356. The molecule has 0 spiro atoms. The number of hydrogen-bond donors (Lipinski definition) is 0. The summed E-state index contributed by atoms with van der Waals surface area (Å²) < 4.78 is 4.73. The third-order valence-corrected chi connectivity index (χ3v) is 2.55. The lowest BCUT2D eigenvalue weighted by atomic mass is 10.0. The maximum Gasteiger partial charge on any atom is 0.338 e. The largest absolute Gasteiger partial charge is 0.465 e. The number of ether oxygens (including phenoxy) is 1. The average molecular weight is 241 g/mol. The van der Waals surface area contributed by atoms with Crippen molar-refractivity contribution in [3.8, 4) is 11.1 Å². The molecule has 18 heavy (non-hydrogen) atoms. The summed E-state index contributed by atoms with van der Waals surface area (Å²) in [7, 11) is 1.34. The SMILES string of the molecule is COC(=O)c1ccccc1-c1ccc(C=O)nc1. The molecule has 0 amide bonds. The van der Waals surface area contributed by atoms with Crippen LogP contribution in [0, 0.1) is 0 Å². The number of nitrogens with zero attached hydrogens (tertiary/aromatic N) is 1. The highest BCUT2D eigenvalue weighted by molar-refractivity contribution is 5.97. The molecule has 2 aromatic rings. The van der Waals surface area contributed by atoms with Crippen LogP contribution in [-0.4, -0.2) is 24.3 Å². The van der Waals surface area contributed by atoms with E-state index in [9.17, 15) is 9.59 Å². The third kappa shape index (κ3) is 2.27. The van der Waals surface area contributed by atoms with Gasteiger partial charge in [0.05, 0.1) is 12.7 Å². The minimum Gasteiger partial charge on any atom is -0.465 e. The van der Waals surface area contributed by atoms with Gasteiger partial charge in [0.25, 0.3) is 0 Å². The van der Waals surface area contributed by atoms with E-state index in [1.165, 1.54) is 7.11 Å². The van der Waals surface area contributed by atoms with E-state index < -0.39 is 5.97 Å². The molecule has 0 aliphatic rings. The second-order valence-corrected chi connectivity index (χ2v) is 3.63. The fourth-order valence-corrected chi connectivity index (χ4v) is 1.66. The Morgan fingerprint density at radius 1 is 1.22 bits per heavy atom. The molecular weight excluding hydrogens is 230 g/mol. The van der Waals surface area contributed by atoms with Crippen LogP contribution < -0.4 is 0 Å². The topological polar surface area (TPSA) is 56.3 Å². The van der Waals surface area contributed by atoms with Crippen LogP contribution in [0.15, 0.2) is 42.6 Å². The molecule has 0 aliphatic carbocycles. The van der Waals surface area contributed by atoms with Crippen molar-refractivity contribution >= 4 is 12.3 Å². The standard InChI is InChI=1S/C14H11NO3/c1-18-14(17)13-5-3-2-4-12(13)10-6-7-11(9-16)15-8-10/h2-9H,1H3. The molecule has 0 unspecified atom stereocenters. The van der Waals surface area contributed by atoms with Crippen LogP contribution in [0.4, 0.5) is 0 Å². The number of carbonyl (C=O) groups is 2. The lowest BCUT2D eigenvalue weighted by molar-refractivity contribution is 0.0601. The Bertz CT molecular complexity index is 576. The highest BCUT2D eigenvalue weighted by Crippen LogP contribution is 2.23. The summed E-state index contributed by atoms with van der Waals surface area (Å²) in [5.74, 6) is -0.398. The Hall–Kier alpha value is -2.49. The maximum atomic E-state index is 11.6. The zero-order valence-corrected chi connectivity index (χ0v) is 9.79. The van der Waals surface area contributed by atoms with Gasteiger partial charge in [-0.15, -0.1) is 0 Å². The number of benzene rings is 1. The number of methoxy groups -OCH3 is 1. The second kappa shape index (κ2) is 5.23. The van der Waals surface area contributed by atoms with Crippen molar-refractivity contribution in [2.45, 2.75) is 0 Å². The number of esters is 1. The molecule has 4 heteroatoms. The van der Waals surface area contributed by atoms with E-state index in [0.717, 1.165) is 11.1 Å². The van der Waals surface area contributed by atoms with Crippen LogP contribution >= 0.6 is 0 Å². The first-order valence-electron chi connectivity index (χ1n) is 5.35. The highest BCUT2D eigenvalue weighted by atomic mass is 16.5. The van der Waals surface area contributed by atoms with Crippen LogP contribution in [0.25, 0.3) is 11.1 Å². The number of aldehydes is 1. The molecule has 4 nitrogen and oxygen atoms in total. The smallest absolute Gasteiger partial charge is 0.338 e. The lowest BCUT2D eigenvalue weighted by Crippen LogP contribution is -2.03. The quantitative estimate of drug-likeness (QED) is 0.611. The van der Waals surface area contributed by atoms with Crippen LogP contribution in [0.1, 0.15) is 20.8 Å². The van der Waals surface area contributed by atoms with E-state index in [0.29, 0.717) is 17.5 Å². The van der Waals surface area contributed by atoms with Gasteiger partial charge in [0.1, 0.15) is 5.69 Å². The van der Waals surface area contributed by atoms with E-state index in [-0.39, 0.29) is 0 Å². The molecule has 0 fully saturated rings. The summed E-state index contributed by atoms with van der Waals surface area (Å²) in [4.78, 5) is 26.2. The zero-order valence-electron chi connectivity index (χ0n) is 9.79. The van der Waals surface area contributed by atoms with Crippen molar-refractivity contribution in [3.63, 3.8) is 0 Å². The molecule has 0 bridgehead atoms. The summed E-state index contributed by atoms with van der Waals surface area (Å²) in [6, 6.07) is 10.5. The van der Waals surface area contributed by atoms with Crippen molar-refractivity contribution in [2.75, 3.05) is 7.11 Å². The Labute approximate surface area is 104 Å². The van der Waals surface area contributed by atoms with Gasteiger partial charge in [-0.2, -0.15) is 0 Å². The number of rotatable bonds is 3. The third-order valence-electron chi connectivity index (χ3n) is 2.55. The minimum atomic E-state index is -0.398. The fourth-order valence-electron chi connectivity index (χ4n) is 1.66. The van der Waals surface area contributed by atoms with Gasteiger partial charge in [-0.1, -0.05) is 24.3 Å². The highest BCUT2D eigenvalue weighted by Gasteiger charge is 2.12. The van der Waals surface area contributed by atoms with E-state index in [4.69, 9.17) is 4.74 Å². The van der Waals surface area contributed by atoms with Gasteiger partial charge in [0.2, 0.25) is 0 Å². The van der Waals surface area contributed by atoms with Gasteiger partial charge in [-0.3, -0.25) is 9.78 Å². The molecule has 0 aliphatic heterocycles. The molecule has 1 aromatic heterocycles. The predicted molar refractivity (Wildman–Crippen MR) is 66.4 cm³/mol. The van der Waals surface area contributed by atoms with Gasteiger partial charge in [-0.05, 0) is 17.7 Å². The van der Waals surface area contributed by atoms with Crippen molar-refractivity contribution in [2.24, 2.45) is 0 Å². The lowest BCUT2D eigenvalue weighted by Gasteiger charge is -2.07. The molecule has 1 aromatic carbocycles. The van der Waals surface area contributed by atoms with Crippen molar-refractivity contribution in [3.05, 3.63) is 53.9 Å². The summed E-state index contributed by atoms with van der Waals surface area (Å²) in [5, 5.41) is 0. The van der Waals surface area contributed by atoms with Gasteiger partial charge < -0.3 is 4.74 Å². The van der Waals surface area contributed by atoms with Gasteiger partial charge in [-0.25, -0.2) is 4.79 Å². The van der Waals surface area contributed by atoms with Crippen molar-refractivity contribution in [1.82, 2.24) is 4.98 Å². The Morgan fingerprint density at radius 2 is 2.00 bits per heavy atom. The first-order chi connectivity index (χ1) is 8.76. The van der Waals surface area contributed by atoms with Crippen LogP contribution in [0.5, 0.6) is 0 Å². The molecular formula is C14H11NO3. The Kier molecular flexibility index (Phi) is 3.48. The van der Waals surface area contributed by atoms with E-state index in [1.54, 1.807) is 30.5 Å². The number of hydrogen-bond acceptors (Lipinski definition) is 4. The molecule has 2 rings (SSSR count). The fraction of sp³-hybridized carbons (Fsp3) is 0.0714.